The zero-order valence-corrected chi connectivity index (χ0v) is 17.5. The van der Waals surface area contributed by atoms with Gasteiger partial charge in [-0.3, -0.25) is 14.9 Å². The number of nitrogens with zero attached hydrogens (tertiary/aromatic N) is 2. The number of carbonyl (C=O) groups excluding carboxylic acids is 2. The number of carbonyl (C=O) groups is 2. The molecule has 0 aliphatic heterocycles. The van der Waals surface area contributed by atoms with Crippen molar-refractivity contribution in [2.75, 3.05) is 11.1 Å². The third-order valence-electron chi connectivity index (χ3n) is 3.82. The van der Waals surface area contributed by atoms with E-state index in [1.54, 1.807) is 24.3 Å². The van der Waals surface area contributed by atoms with E-state index in [1.165, 1.54) is 23.1 Å². The van der Waals surface area contributed by atoms with Crippen LogP contribution in [0.4, 0.5) is 10.8 Å². The molecule has 0 saturated carbocycles. The molecule has 2 amide bonds. The minimum Gasteiger partial charge on any atom is -0.330 e. The molecule has 144 valence electrons. The molecular formula is C19H17ClN4O2S2. The highest BCUT2D eigenvalue weighted by molar-refractivity contribution is 8.01. The molecule has 6 nitrogen and oxygen atoms in total. The first-order valence-electron chi connectivity index (χ1n) is 8.32. The second-order valence-electron chi connectivity index (χ2n) is 5.91. The lowest BCUT2D eigenvalue weighted by molar-refractivity contribution is -0.117. The number of thioether (sulfide) groups is 1. The van der Waals surface area contributed by atoms with Gasteiger partial charge in [-0.15, -0.1) is 10.2 Å². The van der Waals surface area contributed by atoms with E-state index < -0.39 is 11.8 Å². The number of aryl methyl sites for hydroxylation is 2. The molecule has 0 saturated heterocycles. The van der Waals surface area contributed by atoms with Crippen molar-refractivity contribution in [3.8, 4) is 0 Å². The van der Waals surface area contributed by atoms with E-state index in [0.717, 1.165) is 16.8 Å². The van der Waals surface area contributed by atoms with Crippen molar-refractivity contribution in [1.82, 2.24) is 15.5 Å². The largest absolute Gasteiger partial charge is 0.330 e. The normalized spacial score (nSPS) is 10.5. The minimum atomic E-state index is -0.522. The van der Waals surface area contributed by atoms with Gasteiger partial charge in [-0.1, -0.05) is 65.0 Å². The molecule has 0 atom stereocenters. The Balaban J connectivity index is 1.55. The van der Waals surface area contributed by atoms with Gasteiger partial charge < -0.3 is 5.32 Å². The van der Waals surface area contributed by atoms with Gasteiger partial charge in [-0.05, 0) is 37.1 Å². The van der Waals surface area contributed by atoms with Crippen LogP contribution in [0.2, 0.25) is 5.02 Å². The third kappa shape index (κ3) is 5.09. The van der Waals surface area contributed by atoms with Gasteiger partial charge in [0.25, 0.3) is 5.91 Å². The predicted molar refractivity (Wildman–Crippen MR) is 114 cm³/mol. The van der Waals surface area contributed by atoms with Crippen LogP contribution in [-0.4, -0.2) is 27.8 Å². The van der Waals surface area contributed by atoms with Crippen LogP contribution in [0.3, 0.4) is 0 Å². The van der Waals surface area contributed by atoms with Crippen LogP contribution >= 0.6 is 34.7 Å². The number of imide groups is 1. The van der Waals surface area contributed by atoms with Gasteiger partial charge in [-0.25, -0.2) is 0 Å². The van der Waals surface area contributed by atoms with Crippen LogP contribution in [0.25, 0.3) is 0 Å². The first-order chi connectivity index (χ1) is 13.4. The summed E-state index contributed by atoms with van der Waals surface area (Å²) in [6.07, 6.45) is 0. The third-order valence-corrected chi connectivity index (χ3v) is 6.12. The molecule has 0 fully saturated rings. The molecule has 0 unspecified atom stereocenters. The fraction of sp³-hybridized carbons (Fsp3) is 0.158. The predicted octanol–water partition coefficient (Wildman–Crippen LogP) is 4.60. The number of rotatable bonds is 6. The van der Waals surface area contributed by atoms with Crippen LogP contribution in [0.15, 0.2) is 46.8 Å². The molecule has 1 heterocycles. The number of halogens is 1. The Morgan fingerprint density at radius 2 is 1.79 bits per heavy atom. The van der Waals surface area contributed by atoms with Crippen LogP contribution in [0, 0.1) is 13.8 Å². The molecule has 3 aromatic rings. The molecule has 0 aliphatic rings. The summed E-state index contributed by atoms with van der Waals surface area (Å²) in [5, 5.41) is 14.7. The lowest BCUT2D eigenvalue weighted by Crippen LogP contribution is -2.32. The number of hydrogen-bond donors (Lipinski definition) is 2. The molecule has 28 heavy (non-hydrogen) atoms. The van der Waals surface area contributed by atoms with Gasteiger partial charge in [0.05, 0.1) is 16.3 Å². The first-order valence-corrected chi connectivity index (χ1v) is 10.5. The molecule has 0 spiro atoms. The van der Waals surface area contributed by atoms with Crippen molar-refractivity contribution in [1.29, 1.82) is 0 Å². The van der Waals surface area contributed by atoms with Crippen LogP contribution in [0.1, 0.15) is 21.5 Å². The van der Waals surface area contributed by atoms with Gasteiger partial charge in [-0.2, -0.15) is 0 Å². The SMILES string of the molecule is Cc1cccc(C)c1Nc1nnc(SCC(=O)NC(=O)c2ccccc2Cl)s1. The first kappa shape index (κ1) is 20.3. The standard InChI is InChI=1S/C19H17ClN4O2S2/c1-11-6-5-7-12(2)16(11)22-18-23-24-19(28-18)27-10-15(25)21-17(26)13-8-3-4-9-14(13)20/h3-9H,10H2,1-2H3,(H,22,23)(H,21,25,26). The number of hydrogen-bond acceptors (Lipinski definition) is 7. The summed E-state index contributed by atoms with van der Waals surface area (Å²) in [5.41, 5.74) is 3.49. The van der Waals surface area contributed by atoms with E-state index in [4.69, 9.17) is 11.6 Å². The van der Waals surface area contributed by atoms with Gasteiger partial charge in [0, 0.05) is 5.69 Å². The zero-order valence-electron chi connectivity index (χ0n) is 15.2. The van der Waals surface area contributed by atoms with Gasteiger partial charge in [0.1, 0.15) is 0 Å². The summed E-state index contributed by atoms with van der Waals surface area (Å²) < 4.78 is 0.633. The van der Waals surface area contributed by atoms with E-state index in [1.807, 2.05) is 32.0 Å². The Morgan fingerprint density at radius 1 is 1.07 bits per heavy atom. The molecule has 2 N–H and O–H groups in total. The Kier molecular flexibility index (Phi) is 6.66. The highest BCUT2D eigenvalue weighted by Gasteiger charge is 2.15. The summed E-state index contributed by atoms with van der Waals surface area (Å²) in [6, 6.07) is 12.6. The summed E-state index contributed by atoms with van der Waals surface area (Å²) in [5.74, 6) is -0.894. The molecule has 0 radical (unpaired) electrons. The highest BCUT2D eigenvalue weighted by Crippen LogP contribution is 2.30. The topological polar surface area (TPSA) is 84.0 Å². The molecule has 0 bridgehead atoms. The fourth-order valence-corrected chi connectivity index (χ4v) is 4.22. The minimum absolute atomic E-state index is 0.0498. The summed E-state index contributed by atoms with van der Waals surface area (Å²) in [6.45, 7) is 4.04. The highest BCUT2D eigenvalue weighted by atomic mass is 35.5. The van der Waals surface area contributed by atoms with E-state index in [9.17, 15) is 9.59 Å². The number of anilines is 2. The van der Waals surface area contributed by atoms with Crippen molar-refractivity contribution >= 4 is 57.3 Å². The lowest BCUT2D eigenvalue weighted by atomic mass is 10.1. The van der Waals surface area contributed by atoms with E-state index in [-0.39, 0.29) is 11.3 Å². The number of amides is 2. The molecule has 2 aromatic carbocycles. The number of benzene rings is 2. The molecule has 0 aliphatic carbocycles. The smallest absolute Gasteiger partial charge is 0.259 e. The van der Waals surface area contributed by atoms with E-state index in [2.05, 4.69) is 20.8 Å². The van der Waals surface area contributed by atoms with Gasteiger partial charge in [0.15, 0.2) is 4.34 Å². The maximum atomic E-state index is 12.1. The van der Waals surface area contributed by atoms with Crippen molar-refractivity contribution in [2.45, 2.75) is 18.2 Å². The lowest BCUT2D eigenvalue weighted by Gasteiger charge is -2.09. The van der Waals surface area contributed by atoms with E-state index in [0.29, 0.717) is 14.5 Å². The van der Waals surface area contributed by atoms with Gasteiger partial charge >= 0.3 is 0 Å². The Labute approximate surface area is 175 Å². The van der Waals surface area contributed by atoms with E-state index >= 15 is 0 Å². The Bertz CT molecular complexity index is 1000. The number of aromatic nitrogens is 2. The Morgan fingerprint density at radius 3 is 2.50 bits per heavy atom. The monoisotopic (exact) mass is 432 g/mol. The molecule has 9 heteroatoms. The average Bonchev–Trinajstić information content (AvgIpc) is 3.11. The van der Waals surface area contributed by atoms with Crippen molar-refractivity contribution < 1.29 is 9.59 Å². The fourth-order valence-electron chi connectivity index (χ4n) is 2.44. The molecule has 1 aromatic heterocycles. The maximum Gasteiger partial charge on any atom is 0.259 e. The number of para-hydroxylation sites is 1. The Hall–Kier alpha value is -2.42. The van der Waals surface area contributed by atoms with Crippen LogP contribution in [-0.2, 0) is 4.79 Å². The van der Waals surface area contributed by atoms with Crippen molar-refractivity contribution in [3.63, 3.8) is 0 Å². The summed E-state index contributed by atoms with van der Waals surface area (Å²) >= 11 is 8.53. The zero-order chi connectivity index (χ0) is 20.1. The van der Waals surface area contributed by atoms with Gasteiger partial charge in [0.2, 0.25) is 11.0 Å². The second-order valence-corrected chi connectivity index (χ2v) is 8.52. The molecule has 3 rings (SSSR count). The average molecular weight is 433 g/mol. The second kappa shape index (κ2) is 9.18. The molecular weight excluding hydrogens is 416 g/mol. The quantitative estimate of drug-likeness (QED) is 0.554. The van der Waals surface area contributed by atoms with Crippen molar-refractivity contribution in [2.24, 2.45) is 0 Å². The summed E-state index contributed by atoms with van der Waals surface area (Å²) in [7, 11) is 0. The van der Waals surface area contributed by atoms with Crippen LogP contribution in [0.5, 0.6) is 0 Å². The number of nitrogens with one attached hydrogen (secondary N) is 2. The maximum absolute atomic E-state index is 12.1. The van der Waals surface area contributed by atoms with Crippen LogP contribution < -0.4 is 10.6 Å². The summed E-state index contributed by atoms with van der Waals surface area (Å²) in [4.78, 5) is 24.1. The van der Waals surface area contributed by atoms with Crippen molar-refractivity contribution in [3.05, 3.63) is 64.2 Å².